The van der Waals surface area contributed by atoms with Crippen molar-refractivity contribution >= 4 is 28.7 Å². The zero-order valence-corrected chi connectivity index (χ0v) is 17.0. The van der Waals surface area contributed by atoms with Crippen LogP contribution in [0.25, 0.3) is 0 Å². The molecule has 0 saturated heterocycles. The van der Waals surface area contributed by atoms with E-state index in [1.807, 2.05) is 24.3 Å². The Labute approximate surface area is 167 Å². The summed E-state index contributed by atoms with van der Waals surface area (Å²) in [6, 6.07) is 25.1. The molecule has 0 atom stereocenters. The van der Waals surface area contributed by atoms with E-state index in [2.05, 4.69) is 91.8 Å². The van der Waals surface area contributed by atoms with Gasteiger partial charge in [-0.1, -0.05) is 48.0 Å². The highest BCUT2D eigenvalue weighted by Gasteiger charge is 2.16. The predicted molar refractivity (Wildman–Crippen MR) is 118 cm³/mol. The summed E-state index contributed by atoms with van der Waals surface area (Å²) >= 11 is 6.40. The molecule has 0 radical (unpaired) electrons. The predicted octanol–water partition coefficient (Wildman–Crippen LogP) is 5.67. The van der Waals surface area contributed by atoms with Gasteiger partial charge in [0, 0.05) is 39.6 Å². The van der Waals surface area contributed by atoms with Crippen molar-refractivity contribution in [3.63, 3.8) is 0 Å². The maximum atomic E-state index is 6.40. The molecule has 0 aromatic heterocycles. The third kappa shape index (κ3) is 4.55. The largest absolute Gasteiger partial charge is 0.378 e. The molecule has 0 amide bonds. The van der Waals surface area contributed by atoms with Crippen LogP contribution in [0.5, 0.6) is 0 Å². The lowest BCUT2D eigenvalue weighted by Gasteiger charge is -2.23. The lowest BCUT2D eigenvalue weighted by molar-refractivity contribution is 0.937. The topological polar surface area (TPSA) is 18.5 Å². The minimum Gasteiger partial charge on any atom is -0.378 e. The van der Waals surface area contributed by atoms with Crippen LogP contribution in [0.4, 0.5) is 17.1 Å². The van der Waals surface area contributed by atoms with Crippen LogP contribution in [-0.4, -0.2) is 28.2 Å². The van der Waals surface area contributed by atoms with E-state index in [1.165, 1.54) is 22.5 Å². The average Bonchev–Trinajstić information content (AvgIpc) is 2.67. The van der Waals surface area contributed by atoms with Gasteiger partial charge in [0.25, 0.3) is 0 Å². The maximum absolute atomic E-state index is 6.40. The van der Waals surface area contributed by atoms with Crippen LogP contribution in [0.15, 0.2) is 72.8 Å². The summed E-state index contributed by atoms with van der Waals surface area (Å²) in [6.07, 6.45) is 0. The van der Waals surface area contributed by atoms with Crippen LogP contribution in [0.3, 0.4) is 0 Å². The Morgan fingerprint density at radius 3 is 1.52 bits per heavy atom. The first-order chi connectivity index (χ1) is 13.0. The second-order valence-electron chi connectivity index (χ2n) is 7.03. The number of benzene rings is 3. The van der Waals surface area contributed by atoms with Crippen LogP contribution in [0.1, 0.15) is 17.2 Å². The number of hydrogen-bond donors (Lipinski definition) is 1. The minimum atomic E-state index is 0.0114. The fourth-order valence-corrected chi connectivity index (χ4v) is 3.21. The Kier molecular flexibility index (Phi) is 5.92. The number of nitrogens with zero attached hydrogens (tertiary/aromatic N) is 2. The number of nitrogens with one attached hydrogen (secondary N) is 1. The third-order valence-corrected chi connectivity index (χ3v) is 4.99. The van der Waals surface area contributed by atoms with Gasteiger partial charge in [0.2, 0.25) is 0 Å². The van der Waals surface area contributed by atoms with E-state index in [0.717, 1.165) is 10.7 Å². The van der Waals surface area contributed by atoms with E-state index in [9.17, 15) is 0 Å². The summed E-state index contributed by atoms with van der Waals surface area (Å²) in [5.74, 6) is 0. The van der Waals surface area contributed by atoms with E-state index in [0.29, 0.717) is 0 Å². The molecular weight excluding hydrogens is 354 g/mol. The van der Waals surface area contributed by atoms with Gasteiger partial charge in [-0.15, -0.1) is 0 Å². The average molecular weight is 380 g/mol. The van der Waals surface area contributed by atoms with Crippen molar-refractivity contribution in [3.8, 4) is 0 Å². The lowest BCUT2D eigenvalue weighted by atomic mass is 9.97. The SMILES string of the molecule is CN(C)c1ccc(C(Nc2ccccc2Cl)c2ccc(N(C)C)cc2)cc1. The highest BCUT2D eigenvalue weighted by atomic mass is 35.5. The Bertz CT molecular complexity index is 819. The van der Waals surface area contributed by atoms with Gasteiger partial charge >= 0.3 is 0 Å². The molecule has 3 aromatic rings. The van der Waals surface area contributed by atoms with Crippen LogP contribution in [0, 0.1) is 0 Å². The fraction of sp³-hybridized carbons (Fsp3) is 0.217. The van der Waals surface area contributed by atoms with Crippen molar-refractivity contribution in [2.45, 2.75) is 6.04 Å². The molecule has 0 aliphatic heterocycles. The zero-order valence-electron chi connectivity index (χ0n) is 16.3. The number of anilines is 3. The number of rotatable bonds is 6. The van der Waals surface area contributed by atoms with Crippen molar-refractivity contribution in [1.82, 2.24) is 0 Å². The molecule has 1 N–H and O–H groups in total. The summed E-state index contributed by atoms with van der Waals surface area (Å²) in [6.45, 7) is 0. The molecule has 0 aliphatic rings. The monoisotopic (exact) mass is 379 g/mol. The fourth-order valence-electron chi connectivity index (χ4n) is 3.02. The second-order valence-corrected chi connectivity index (χ2v) is 7.44. The molecule has 3 nitrogen and oxygen atoms in total. The van der Waals surface area contributed by atoms with Crippen molar-refractivity contribution in [1.29, 1.82) is 0 Å². The molecule has 0 bridgehead atoms. The Balaban J connectivity index is 1.99. The number of halogens is 1. The highest BCUT2D eigenvalue weighted by Crippen LogP contribution is 2.32. The van der Waals surface area contributed by atoms with E-state index in [-0.39, 0.29) is 6.04 Å². The first-order valence-electron chi connectivity index (χ1n) is 9.01. The maximum Gasteiger partial charge on any atom is 0.0768 e. The van der Waals surface area contributed by atoms with Crippen LogP contribution < -0.4 is 15.1 Å². The van der Waals surface area contributed by atoms with Gasteiger partial charge in [-0.2, -0.15) is 0 Å². The van der Waals surface area contributed by atoms with Crippen molar-refractivity contribution in [2.75, 3.05) is 43.3 Å². The molecule has 0 saturated carbocycles. The Morgan fingerprint density at radius 2 is 1.11 bits per heavy atom. The summed E-state index contributed by atoms with van der Waals surface area (Å²) in [5, 5.41) is 4.34. The molecule has 3 aromatic carbocycles. The minimum absolute atomic E-state index is 0.0114. The summed E-state index contributed by atoms with van der Waals surface area (Å²) < 4.78 is 0. The van der Waals surface area contributed by atoms with E-state index < -0.39 is 0 Å². The van der Waals surface area contributed by atoms with Gasteiger partial charge in [0.05, 0.1) is 16.8 Å². The Hall–Kier alpha value is -2.65. The van der Waals surface area contributed by atoms with Crippen LogP contribution in [-0.2, 0) is 0 Å². The molecule has 140 valence electrons. The normalized spacial score (nSPS) is 10.7. The summed E-state index contributed by atoms with van der Waals surface area (Å²) in [7, 11) is 8.20. The number of hydrogen-bond acceptors (Lipinski definition) is 3. The van der Waals surface area contributed by atoms with Crippen LogP contribution >= 0.6 is 11.6 Å². The third-order valence-electron chi connectivity index (χ3n) is 4.66. The molecule has 0 fully saturated rings. The first kappa shape index (κ1) is 19.1. The quantitative estimate of drug-likeness (QED) is 0.595. The summed E-state index contributed by atoms with van der Waals surface area (Å²) in [4.78, 5) is 4.21. The molecule has 0 spiro atoms. The molecule has 0 unspecified atom stereocenters. The molecule has 0 heterocycles. The lowest BCUT2D eigenvalue weighted by Crippen LogP contribution is -2.14. The van der Waals surface area contributed by atoms with Gasteiger partial charge in [0.1, 0.15) is 0 Å². The first-order valence-corrected chi connectivity index (χ1v) is 9.39. The molecule has 4 heteroatoms. The molecule has 0 aliphatic carbocycles. The standard InChI is InChI=1S/C23H26ClN3/c1-26(2)19-13-9-17(10-14-19)23(25-22-8-6-5-7-21(22)24)18-11-15-20(16-12-18)27(3)4/h5-16,23,25H,1-4H3. The molecule has 27 heavy (non-hydrogen) atoms. The van der Waals surface area contributed by atoms with E-state index in [4.69, 9.17) is 11.6 Å². The van der Waals surface area contributed by atoms with Crippen molar-refractivity contribution in [2.24, 2.45) is 0 Å². The molecule has 3 rings (SSSR count). The smallest absolute Gasteiger partial charge is 0.0768 e. The Morgan fingerprint density at radius 1 is 0.667 bits per heavy atom. The van der Waals surface area contributed by atoms with Gasteiger partial charge < -0.3 is 15.1 Å². The van der Waals surface area contributed by atoms with Gasteiger partial charge in [-0.3, -0.25) is 0 Å². The van der Waals surface area contributed by atoms with Gasteiger partial charge in [-0.05, 0) is 47.5 Å². The van der Waals surface area contributed by atoms with Crippen molar-refractivity contribution in [3.05, 3.63) is 88.9 Å². The van der Waals surface area contributed by atoms with E-state index in [1.54, 1.807) is 0 Å². The summed E-state index contributed by atoms with van der Waals surface area (Å²) in [5.41, 5.74) is 5.67. The van der Waals surface area contributed by atoms with Crippen LogP contribution in [0.2, 0.25) is 5.02 Å². The van der Waals surface area contributed by atoms with Crippen molar-refractivity contribution < 1.29 is 0 Å². The molecular formula is C23H26ClN3. The highest BCUT2D eigenvalue weighted by molar-refractivity contribution is 6.33. The zero-order chi connectivity index (χ0) is 19.4. The van der Waals surface area contributed by atoms with Gasteiger partial charge in [-0.25, -0.2) is 0 Å². The second kappa shape index (κ2) is 8.36. The van der Waals surface area contributed by atoms with Gasteiger partial charge in [0.15, 0.2) is 0 Å². The number of para-hydroxylation sites is 1. The van der Waals surface area contributed by atoms with E-state index >= 15 is 0 Å².